The molecule has 1 atom stereocenters. The van der Waals surface area contributed by atoms with Crippen molar-refractivity contribution >= 4 is 23.2 Å². The Kier molecular flexibility index (Phi) is 7.58. The van der Waals surface area contributed by atoms with Crippen LogP contribution in [0.15, 0.2) is 41.5 Å². The normalized spacial score (nSPS) is 16.8. The summed E-state index contributed by atoms with van der Waals surface area (Å²) in [4.78, 5) is 11.4. The largest absolute Gasteiger partial charge is 0.495 e. The van der Waals surface area contributed by atoms with Gasteiger partial charge in [-0.2, -0.15) is 0 Å². The Morgan fingerprint density at radius 2 is 2.21 bits per heavy atom. The minimum Gasteiger partial charge on any atom is -0.495 e. The van der Waals surface area contributed by atoms with Gasteiger partial charge in [-0.1, -0.05) is 17.7 Å². The molecule has 29 heavy (non-hydrogen) atoms. The van der Waals surface area contributed by atoms with Crippen LogP contribution in [0.25, 0.3) is 0 Å². The van der Waals surface area contributed by atoms with Gasteiger partial charge in [0.1, 0.15) is 5.75 Å². The van der Waals surface area contributed by atoms with Crippen LogP contribution in [-0.2, 0) is 6.42 Å². The molecule has 6 nitrogen and oxygen atoms in total. The zero-order chi connectivity index (χ0) is 20.6. The molecule has 1 aromatic carbocycles. The van der Waals surface area contributed by atoms with Crippen molar-refractivity contribution in [2.45, 2.75) is 32.7 Å². The van der Waals surface area contributed by atoms with E-state index in [-0.39, 0.29) is 0 Å². The summed E-state index contributed by atoms with van der Waals surface area (Å²) in [5.74, 6) is 1.71. The number of halogens is 1. The highest BCUT2D eigenvalue weighted by molar-refractivity contribution is 6.30. The lowest BCUT2D eigenvalue weighted by molar-refractivity contribution is 0.415. The molecular formula is C22H30ClN5O. The number of pyridine rings is 1. The molecule has 7 heteroatoms. The number of nitrogens with zero attached hydrogens (tertiary/aromatic N) is 3. The molecule has 0 saturated carbocycles. The second kappa shape index (κ2) is 10.3. The van der Waals surface area contributed by atoms with Gasteiger partial charge in [-0.25, -0.2) is 0 Å². The monoisotopic (exact) mass is 415 g/mol. The molecule has 0 radical (unpaired) electrons. The van der Waals surface area contributed by atoms with Gasteiger partial charge < -0.3 is 20.3 Å². The lowest BCUT2D eigenvalue weighted by Crippen LogP contribution is -2.44. The molecule has 0 bridgehead atoms. The van der Waals surface area contributed by atoms with Gasteiger partial charge in [-0.15, -0.1) is 0 Å². The second-order valence-corrected chi connectivity index (χ2v) is 7.65. The number of aryl methyl sites for hydroxylation is 1. The predicted molar refractivity (Wildman–Crippen MR) is 120 cm³/mol. The van der Waals surface area contributed by atoms with E-state index in [0.29, 0.717) is 6.04 Å². The van der Waals surface area contributed by atoms with Gasteiger partial charge in [0.15, 0.2) is 5.96 Å². The van der Waals surface area contributed by atoms with Gasteiger partial charge in [-0.05, 0) is 56.5 Å². The Labute approximate surface area is 178 Å². The van der Waals surface area contributed by atoms with Crippen molar-refractivity contribution in [2.24, 2.45) is 4.99 Å². The predicted octanol–water partition coefficient (Wildman–Crippen LogP) is 3.43. The van der Waals surface area contributed by atoms with Crippen LogP contribution in [0.5, 0.6) is 5.75 Å². The topological polar surface area (TPSA) is 61.8 Å². The first kappa shape index (κ1) is 21.2. The van der Waals surface area contributed by atoms with Gasteiger partial charge >= 0.3 is 0 Å². The number of nitrogens with one attached hydrogen (secondary N) is 2. The number of hydrogen-bond acceptors (Lipinski definition) is 4. The number of methoxy groups -OCH3 is 1. The van der Waals surface area contributed by atoms with Crippen LogP contribution in [0, 0.1) is 6.92 Å². The molecule has 0 amide bonds. The van der Waals surface area contributed by atoms with E-state index in [1.165, 1.54) is 5.56 Å². The number of guanidine groups is 1. The van der Waals surface area contributed by atoms with E-state index < -0.39 is 0 Å². The van der Waals surface area contributed by atoms with Gasteiger partial charge in [0.25, 0.3) is 0 Å². The molecule has 1 saturated heterocycles. The summed E-state index contributed by atoms with van der Waals surface area (Å²) >= 11 is 6.20. The summed E-state index contributed by atoms with van der Waals surface area (Å²) in [6, 6.07) is 10.2. The number of hydrogen-bond donors (Lipinski definition) is 2. The highest BCUT2D eigenvalue weighted by atomic mass is 35.5. The third-order valence-electron chi connectivity index (χ3n) is 5.00. The molecule has 1 aliphatic rings. The Morgan fingerprint density at radius 1 is 1.34 bits per heavy atom. The third kappa shape index (κ3) is 6.00. The van der Waals surface area contributed by atoms with Crippen molar-refractivity contribution in [1.29, 1.82) is 0 Å². The van der Waals surface area contributed by atoms with E-state index in [1.807, 2.05) is 37.4 Å². The molecule has 2 aromatic rings. The van der Waals surface area contributed by atoms with E-state index in [4.69, 9.17) is 21.3 Å². The van der Waals surface area contributed by atoms with Crippen molar-refractivity contribution in [3.63, 3.8) is 0 Å². The van der Waals surface area contributed by atoms with Crippen LogP contribution in [0.1, 0.15) is 24.6 Å². The average molecular weight is 416 g/mol. The Balaban J connectivity index is 1.58. The molecule has 1 fully saturated rings. The fourth-order valence-electron chi connectivity index (χ4n) is 3.46. The number of anilines is 1. The summed E-state index contributed by atoms with van der Waals surface area (Å²) in [6.07, 6.45) is 3.83. The molecule has 1 aromatic heterocycles. The molecule has 1 aliphatic heterocycles. The van der Waals surface area contributed by atoms with E-state index in [9.17, 15) is 0 Å². The average Bonchev–Trinajstić information content (AvgIpc) is 3.18. The summed E-state index contributed by atoms with van der Waals surface area (Å²) in [6.45, 7) is 7.46. The van der Waals surface area contributed by atoms with Gasteiger partial charge in [0.05, 0.1) is 12.8 Å². The van der Waals surface area contributed by atoms with Crippen molar-refractivity contribution in [2.75, 3.05) is 38.2 Å². The molecule has 2 heterocycles. The molecular weight excluding hydrogens is 386 g/mol. The summed E-state index contributed by atoms with van der Waals surface area (Å²) in [5, 5.41) is 7.64. The highest BCUT2D eigenvalue weighted by Gasteiger charge is 2.25. The molecule has 0 aliphatic carbocycles. The lowest BCUT2D eigenvalue weighted by Gasteiger charge is -2.22. The molecule has 2 N–H and O–H groups in total. The Bertz CT molecular complexity index is 824. The fourth-order valence-corrected chi connectivity index (χ4v) is 3.63. The minimum atomic E-state index is 0.317. The van der Waals surface area contributed by atoms with Gasteiger partial charge in [0.2, 0.25) is 0 Å². The van der Waals surface area contributed by atoms with Crippen LogP contribution < -0.4 is 20.3 Å². The quantitative estimate of drug-likeness (QED) is 0.536. The second-order valence-electron chi connectivity index (χ2n) is 7.21. The van der Waals surface area contributed by atoms with Crippen LogP contribution in [-0.4, -0.2) is 50.3 Å². The van der Waals surface area contributed by atoms with Crippen LogP contribution >= 0.6 is 11.6 Å². The zero-order valence-electron chi connectivity index (χ0n) is 17.4. The smallest absolute Gasteiger partial charge is 0.191 e. The SMILES string of the molecule is CCNC(=NCCc1ccc(C)nc1)NC1CCN(c2cc(Cl)ccc2OC)C1. The van der Waals surface area contributed by atoms with Crippen molar-refractivity contribution in [3.8, 4) is 5.75 Å². The lowest BCUT2D eigenvalue weighted by atomic mass is 10.2. The Hall–Kier alpha value is -2.47. The summed E-state index contributed by atoms with van der Waals surface area (Å²) < 4.78 is 5.51. The van der Waals surface area contributed by atoms with Crippen molar-refractivity contribution < 1.29 is 4.74 Å². The van der Waals surface area contributed by atoms with E-state index in [2.05, 4.69) is 33.5 Å². The van der Waals surface area contributed by atoms with Crippen molar-refractivity contribution in [1.82, 2.24) is 15.6 Å². The van der Waals surface area contributed by atoms with Crippen LogP contribution in [0.2, 0.25) is 5.02 Å². The summed E-state index contributed by atoms with van der Waals surface area (Å²) in [5.41, 5.74) is 3.28. The molecule has 0 spiro atoms. The summed E-state index contributed by atoms with van der Waals surface area (Å²) in [7, 11) is 1.69. The molecule has 3 rings (SSSR count). The zero-order valence-corrected chi connectivity index (χ0v) is 18.2. The first-order valence-corrected chi connectivity index (χ1v) is 10.5. The maximum absolute atomic E-state index is 6.20. The number of rotatable bonds is 7. The van der Waals surface area contributed by atoms with Crippen LogP contribution in [0.3, 0.4) is 0 Å². The minimum absolute atomic E-state index is 0.317. The van der Waals surface area contributed by atoms with Crippen molar-refractivity contribution in [3.05, 3.63) is 52.8 Å². The van der Waals surface area contributed by atoms with E-state index in [0.717, 1.165) is 67.1 Å². The number of benzene rings is 1. The van der Waals surface area contributed by atoms with Gasteiger partial charge in [0, 0.05) is 49.1 Å². The standard InChI is InChI=1S/C22H30ClN5O/c1-4-24-22(25-11-9-17-6-5-16(2)26-14-17)27-19-10-12-28(15-19)20-13-18(23)7-8-21(20)29-3/h5-8,13-14,19H,4,9-12,15H2,1-3H3,(H2,24,25,27). The third-order valence-corrected chi connectivity index (χ3v) is 5.23. The maximum atomic E-state index is 6.20. The number of aliphatic imine (C=N–C) groups is 1. The van der Waals surface area contributed by atoms with Crippen LogP contribution in [0.4, 0.5) is 5.69 Å². The fraction of sp³-hybridized carbons (Fsp3) is 0.455. The molecule has 156 valence electrons. The van der Waals surface area contributed by atoms with E-state index >= 15 is 0 Å². The number of ether oxygens (including phenoxy) is 1. The number of aromatic nitrogens is 1. The van der Waals surface area contributed by atoms with Gasteiger partial charge in [-0.3, -0.25) is 9.98 Å². The van der Waals surface area contributed by atoms with E-state index in [1.54, 1.807) is 7.11 Å². The highest BCUT2D eigenvalue weighted by Crippen LogP contribution is 2.33. The first-order chi connectivity index (χ1) is 14.1. The Morgan fingerprint density at radius 3 is 2.93 bits per heavy atom. The maximum Gasteiger partial charge on any atom is 0.191 e. The molecule has 1 unspecified atom stereocenters. The first-order valence-electron chi connectivity index (χ1n) is 10.1.